The van der Waals surface area contributed by atoms with E-state index in [4.69, 9.17) is 9.15 Å². The summed E-state index contributed by atoms with van der Waals surface area (Å²) < 4.78 is 24.4. The summed E-state index contributed by atoms with van der Waals surface area (Å²) >= 11 is 3.35. The van der Waals surface area contributed by atoms with Gasteiger partial charge in [-0.05, 0) is 76.1 Å². The van der Waals surface area contributed by atoms with Crippen LogP contribution in [-0.2, 0) is 4.79 Å². The van der Waals surface area contributed by atoms with Gasteiger partial charge in [0.25, 0.3) is 11.6 Å². The van der Waals surface area contributed by atoms with Crippen molar-refractivity contribution >= 4 is 56.3 Å². The van der Waals surface area contributed by atoms with Crippen molar-refractivity contribution in [1.82, 2.24) is 5.43 Å². The largest absolute Gasteiger partial charge is 0.483 e. The van der Waals surface area contributed by atoms with Crippen LogP contribution < -0.4 is 15.5 Å². The number of halogens is 2. The predicted molar refractivity (Wildman–Crippen MR) is 133 cm³/mol. The van der Waals surface area contributed by atoms with Crippen molar-refractivity contribution in [2.24, 2.45) is 5.10 Å². The smallest absolute Gasteiger partial charge is 0.307 e. The van der Waals surface area contributed by atoms with Gasteiger partial charge in [0.1, 0.15) is 17.1 Å². The van der Waals surface area contributed by atoms with E-state index >= 15 is 0 Å². The molecule has 2 amide bonds. The number of nitrogens with one attached hydrogen (secondary N) is 2. The predicted octanol–water partition coefficient (Wildman–Crippen LogP) is 5.02. The Morgan fingerprint density at radius 1 is 1.11 bits per heavy atom. The Labute approximate surface area is 211 Å². The monoisotopic (exact) mass is 554 g/mol. The lowest BCUT2D eigenvalue weighted by Crippen LogP contribution is -2.20. The number of hydrazone groups is 1. The van der Waals surface area contributed by atoms with Gasteiger partial charge in [-0.3, -0.25) is 19.7 Å². The number of ether oxygens (including phenoxy) is 1. The van der Waals surface area contributed by atoms with Gasteiger partial charge in [-0.25, -0.2) is 9.82 Å². The van der Waals surface area contributed by atoms with E-state index in [2.05, 4.69) is 31.8 Å². The minimum absolute atomic E-state index is 0.0495. The molecule has 0 saturated heterocycles. The number of amides is 2. The average Bonchev–Trinajstić information content (AvgIpc) is 3.28. The van der Waals surface area contributed by atoms with Crippen LogP contribution in [0.3, 0.4) is 0 Å². The SMILES string of the molecule is O=C(COc1ccc(/C=N\NC(=O)c2cc3cc([N+](=O)[O-])ccc3o2)cc1Br)Nc1ccc(F)cc1. The second-order valence-electron chi connectivity index (χ2n) is 7.32. The molecule has 3 aromatic carbocycles. The van der Waals surface area contributed by atoms with Crippen LogP contribution in [0.1, 0.15) is 16.1 Å². The summed E-state index contributed by atoms with van der Waals surface area (Å²) in [6.07, 6.45) is 1.39. The van der Waals surface area contributed by atoms with E-state index in [0.29, 0.717) is 32.4 Å². The highest BCUT2D eigenvalue weighted by molar-refractivity contribution is 9.10. The first kappa shape index (κ1) is 24.5. The summed E-state index contributed by atoms with van der Waals surface area (Å²) in [7, 11) is 0. The quantitative estimate of drug-likeness (QED) is 0.178. The second kappa shape index (κ2) is 10.8. The molecule has 36 heavy (non-hydrogen) atoms. The van der Waals surface area contributed by atoms with E-state index in [-0.39, 0.29) is 18.1 Å². The zero-order valence-corrected chi connectivity index (χ0v) is 19.8. The minimum Gasteiger partial charge on any atom is -0.483 e. The molecule has 0 bridgehead atoms. The number of fused-ring (bicyclic) bond motifs is 1. The molecule has 1 heterocycles. The molecule has 4 rings (SSSR count). The van der Waals surface area contributed by atoms with Gasteiger partial charge in [-0.15, -0.1) is 0 Å². The maximum Gasteiger partial charge on any atom is 0.307 e. The van der Waals surface area contributed by atoms with Crippen molar-refractivity contribution < 1.29 is 28.1 Å². The third kappa shape index (κ3) is 6.10. The van der Waals surface area contributed by atoms with Crippen LogP contribution in [0.25, 0.3) is 11.0 Å². The number of non-ortho nitro benzene ring substituents is 1. The number of anilines is 1. The Morgan fingerprint density at radius 2 is 1.89 bits per heavy atom. The van der Waals surface area contributed by atoms with Crippen molar-refractivity contribution in [2.75, 3.05) is 11.9 Å². The van der Waals surface area contributed by atoms with Crippen LogP contribution in [0.4, 0.5) is 15.8 Å². The molecule has 182 valence electrons. The van der Waals surface area contributed by atoms with Gasteiger partial charge in [-0.2, -0.15) is 5.10 Å². The molecule has 0 saturated carbocycles. The molecule has 0 atom stereocenters. The average molecular weight is 555 g/mol. The fourth-order valence-electron chi connectivity index (χ4n) is 3.06. The summed E-state index contributed by atoms with van der Waals surface area (Å²) in [6, 6.07) is 15.7. The van der Waals surface area contributed by atoms with E-state index in [1.54, 1.807) is 18.2 Å². The first-order valence-corrected chi connectivity index (χ1v) is 11.1. The number of benzene rings is 3. The zero-order valence-electron chi connectivity index (χ0n) is 18.2. The van der Waals surface area contributed by atoms with Gasteiger partial charge >= 0.3 is 5.91 Å². The van der Waals surface area contributed by atoms with E-state index in [0.717, 1.165) is 0 Å². The molecular weight excluding hydrogens is 539 g/mol. The number of hydrogen-bond donors (Lipinski definition) is 2. The van der Waals surface area contributed by atoms with Crippen LogP contribution in [0.5, 0.6) is 5.75 Å². The summed E-state index contributed by atoms with van der Waals surface area (Å²) in [5.41, 5.74) is 3.61. The number of nitrogens with zero attached hydrogens (tertiary/aromatic N) is 2. The molecule has 0 unspecified atom stereocenters. The second-order valence-corrected chi connectivity index (χ2v) is 8.18. The lowest BCUT2D eigenvalue weighted by molar-refractivity contribution is -0.384. The van der Waals surface area contributed by atoms with Gasteiger partial charge in [0.2, 0.25) is 0 Å². The molecule has 0 aliphatic rings. The number of nitro benzene ring substituents is 1. The highest BCUT2D eigenvalue weighted by Gasteiger charge is 2.14. The Balaban J connectivity index is 1.31. The number of rotatable bonds is 8. The fourth-order valence-corrected chi connectivity index (χ4v) is 3.58. The van der Waals surface area contributed by atoms with Crippen molar-refractivity contribution in [2.45, 2.75) is 0 Å². The number of furan rings is 1. The number of nitro groups is 1. The zero-order chi connectivity index (χ0) is 25.7. The fraction of sp³-hybridized carbons (Fsp3) is 0.0417. The molecular formula is C24H16BrFN4O6. The molecule has 0 aliphatic carbocycles. The van der Waals surface area contributed by atoms with Crippen LogP contribution in [0, 0.1) is 15.9 Å². The van der Waals surface area contributed by atoms with Crippen LogP contribution in [0.15, 0.2) is 80.7 Å². The topological polar surface area (TPSA) is 136 Å². The number of carbonyl (C=O) groups excluding carboxylic acids is 2. The van der Waals surface area contributed by atoms with Gasteiger partial charge in [0.15, 0.2) is 12.4 Å². The first-order chi connectivity index (χ1) is 17.3. The van der Waals surface area contributed by atoms with Gasteiger partial charge in [0, 0.05) is 23.2 Å². The van der Waals surface area contributed by atoms with Crippen LogP contribution in [0.2, 0.25) is 0 Å². The Morgan fingerprint density at radius 3 is 2.61 bits per heavy atom. The maximum atomic E-state index is 12.9. The van der Waals surface area contributed by atoms with E-state index in [1.807, 2.05) is 0 Å². The van der Waals surface area contributed by atoms with Gasteiger partial charge in [-0.1, -0.05) is 0 Å². The molecule has 0 radical (unpaired) electrons. The molecule has 10 nitrogen and oxygen atoms in total. The molecule has 12 heteroatoms. The summed E-state index contributed by atoms with van der Waals surface area (Å²) in [5.74, 6) is -1.09. The van der Waals surface area contributed by atoms with E-state index in [9.17, 15) is 24.1 Å². The van der Waals surface area contributed by atoms with Crippen molar-refractivity contribution in [3.63, 3.8) is 0 Å². The lowest BCUT2D eigenvalue weighted by atomic mass is 10.2. The number of carbonyl (C=O) groups is 2. The van der Waals surface area contributed by atoms with E-state index < -0.39 is 22.6 Å². The van der Waals surface area contributed by atoms with Gasteiger partial charge < -0.3 is 14.5 Å². The maximum absolute atomic E-state index is 12.9. The molecule has 0 fully saturated rings. The van der Waals surface area contributed by atoms with Crippen molar-refractivity contribution in [3.05, 3.63) is 98.5 Å². The Bertz CT molecular complexity index is 1490. The highest BCUT2D eigenvalue weighted by atomic mass is 79.9. The van der Waals surface area contributed by atoms with Gasteiger partial charge in [0.05, 0.1) is 15.6 Å². The summed E-state index contributed by atoms with van der Waals surface area (Å²) in [4.78, 5) is 34.7. The molecule has 0 aliphatic heterocycles. The lowest BCUT2D eigenvalue weighted by Gasteiger charge is -2.09. The van der Waals surface area contributed by atoms with Crippen molar-refractivity contribution in [3.8, 4) is 5.75 Å². The Kier molecular flexibility index (Phi) is 7.35. The van der Waals surface area contributed by atoms with Crippen molar-refractivity contribution in [1.29, 1.82) is 0 Å². The molecule has 4 aromatic rings. The minimum atomic E-state index is -0.628. The summed E-state index contributed by atoms with van der Waals surface area (Å²) in [5, 5.41) is 17.8. The summed E-state index contributed by atoms with van der Waals surface area (Å²) in [6.45, 7) is -0.264. The third-order valence-corrected chi connectivity index (χ3v) is 5.38. The molecule has 2 N–H and O–H groups in total. The van der Waals surface area contributed by atoms with Crippen LogP contribution >= 0.6 is 15.9 Å². The van der Waals surface area contributed by atoms with Crippen LogP contribution in [-0.4, -0.2) is 29.6 Å². The first-order valence-electron chi connectivity index (χ1n) is 10.3. The van der Waals surface area contributed by atoms with E-state index in [1.165, 1.54) is 54.7 Å². The molecule has 1 aromatic heterocycles. The standard InChI is InChI=1S/C24H16BrFN4O6/c25-19-9-14(1-7-21(19)35-13-23(31)28-17-4-2-16(26)3-5-17)12-27-29-24(32)22-11-15-10-18(30(33)34)6-8-20(15)36-22/h1-12H,13H2,(H,28,31)(H,29,32)/b27-12-. The highest BCUT2D eigenvalue weighted by Crippen LogP contribution is 2.26. The Hall–Kier alpha value is -4.58. The molecule has 0 spiro atoms. The number of hydrogen-bond acceptors (Lipinski definition) is 7. The third-order valence-electron chi connectivity index (χ3n) is 4.76. The normalized spacial score (nSPS) is 10.9.